The van der Waals surface area contributed by atoms with E-state index in [1.807, 2.05) is 157 Å². The number of hydrogen-bond acceptors (Lipinski definition) is 8. The molecule has 2 saturated heterocycles. The molecule has 5 aliphatic rings. The number of rotatable bonds is 18. The van der Waals surface area contributed by atoms with Gasteiger partial charge in [0.15, 0.2) is 6.10 Å². The van der Waals surface area contributed by atoms with E-state index in [2.05, 4.69) is 175 Å². The minimum atomic E-state index is -1.95. The summed E-state index contributed by atoms with van der Waals surface area (Å²) >= 11 is -3.57. The number of para-hydroxylation sites is 4. The van der Waals surface area contributed by atoms with Crippen molar-refractivity contribution in [3.63, 3.8) is 0 Å². The number of carbonyl (C=O) groups excluding carboxylic acids is 2. The number of ether oxygens (including phenoxy) is 2. The van der Waals surface area contributed by atoms with Gasteiger partial charge in [-0.2, -0.15) is 13.3 Å². The summed E-state index contributed by atoms with van der Waals surface area (Å²) in [6.45, 7) is 40.5. The van der Waals surface area contributed by atoms with Gasteiger partial charge in [-0.1, -0.05) is 146 Å². The third-order valence-corrected chi connectivity index (χ3v) is 30.7. The fraction of sp³-hybridized carbons (Fsp3) is 0.392. The molecule has 9 aromatic rings. The molecule has 10 nitrogen and oxygen atoms in total. The van der Waals surface area contributed by atoms with E-state index in [0.717, 1.165) is 54.2 Å². The van der Waals surface area contributed by atoms with Crippen LogP contribution in [0, 0.1) is 96.4 Å². The van der Waals surface area contributed by atoms with Crippen molar-refractivity contribution >= 4 is 108 Å². The van der Waals surface area contributed by atoms with E-state index in [-0.39, 0.29) is 27.2 Å². The van der Waals surface area contributed by atoms with E-state index in [9.17, 15) is 9.59 Å². The van der Waals surface area contributed by atoms with E-state index in [0.29, 0.717) is 11.5 Å². The fourth-order valence-electron chi connectivity index (χ4n) is 17.8. The monoisotopic (exact) mass is 1880 g/mol. The zero-order valence-corrected chi connectivity index (χ0v) is 79.8. The van der Waals surface area contributed by atoms with E-state index in [1.54, 1.807) is 121 Å². The molecule has 2 heterocycles. The van der Waals surface area contributed by atoms with Gasteiger partial charge in [0.1, 0.15) is 5.75 Å². The van der Waals surface area contributed by atoms with Crippen molar-refractivity contribution in [2.24, 2.45) is 0 Å². The minimum absolute atomic E-state index is 0. The Morgan fingerprint density at radius 2 is 0.664 bits per heavy atom. The number of allylic oxidation sites excluding steroid dienone is 1. The first-order valence-corrected chi connectivity index (χ1v) is 54.9. The molecule has 0 bridgehead atoms. The summed E-state index contributed by atoms with van der Waals surface area (Å²) in [7, 11) is 23.1. The first-order valence-electron chi connectivity index (χ1n) is 42.3. The SMILES string of the molecule is C.C1CCC([PH+](C2CCCCC2)C2CCCCC2)CC1.CC(Oc1ccccc1[CH]=[Ru]([Cl])[Cl])C(=O)Nc1ccccc1.CC=Cc1ccccc1OC(C)C(=O)Nc1ccccc1.Cc1cc(C)c(N2[CH-]N(c3c(C)cc(C)cc3C)CC2)c(C)c1.Cc1cc(C)c(N2[CH-]N(c3c(C)cc(C)cc3C)CC2)c(C)c1.[Cl][Ru]([Cl])=[CH]c1ccccc1. The normalized spacial score (nSPS) is 15.6. The number of nitrogens with zero attached hydrogens (tertiary/aromatic N) is 4. The Hall–Kier alpha value is -6.96. The van der Waals surface area contributed by atoms with Crippen LogP contribution in [0.2, 0.25) is 0 Å². The molecule has 2 atom stereocenters. The number of nitrogens with one attached hydrogen (secondary N) is 2. The number of anilines is 6. The summed E-state index contributed by atoms with van der Waals surface area (Å²) in [5.74, 6) is 0.910. The molecule has 119 heavy (non-hydrogen) atoms. The van der Waals surface area contributed by atoms with Gasteiger partial charge in [-0.05, 0) is 237 Å². The van der Waals surface area contributed by atoms with Gasteiger partial charge in [0, 0.05) is 68.1 Å². The topological polar surface area (TPSA) is 89.6 Å². The molecule has 2 amide bonds. The van der Waals surface area contributed by atoms with Crippen LogP contribution in [-0.4, -0.2) is 76.4 Å². The Kier molecular flexibility index (Phi) is 40.9. The summed E-state index contributed by atoms with van der Waals surface area (Å²) in [5, 5.41) is 5.64. The zero-order valence-electron chi connectivity index (χ0n) is 72.3. The molecular weight excluding hydrogens is 1750 g/mol. The molecule has 5 fully saturated rings. The standard InChI is InChI=1S/2C21H27N2.C18H19NO2.C18H33P.C16H15NO2.C7H6.CH4.4ClH.2Ru/c2*1-14-9-16(3)20(17(4)10-14)22-7-8-23(13-22)21-18(5)11-15(2)12-19(21)6;1-3-9-15-10-7-8-13-17(15)21-14(2)18(20)19-16-11-5-4-6-12-16;1-4-10-16(11-5-1)19(17-12-6-2-7-13-17)18-14-8-3-9-15-18;1-12-8-6-7-11-15(12)19-13(2)16(18)17-14-9-4-3-5-10-14;1-7-5-3-2-4-6-7;;;;;;;/h2*9-13H,7-8H2,1-6H3;3-14H,1-2H3,(H,19,20);16-18H,1-15H2;1,3-11,13H,2H3,(H,17,18);1-6H;1H4;4*1H;;/q2*-1;;;;;;;;;;2*+2/p-3. The Morgan fingerprint density at radius 3 is 0.958 bits per heavy atom. The molecule has 9 aromatic carbocycles. The van der Waals surface area contributed by atoms with Crippen LogP contribution in [0.1, 0.15) is 208 Å². The summed E-state index contributed by atoms with van der Waals surface area (Å²) in [4.78, 5) is 33.9. The summed E-state index contributed by atoms with van der Waals surface area (Å²) in [5.41, 5.74) is 29.7. The summed E-state index contributed by atoms with van der Waals surface area (Å²) in [6, 6.07) is 61.8. The maximum atomic E-state index is 12.2. The number of carbonyl (C=O) groups is 2. The van der Waals surface area contributed by atoms with Gasteiger partial charge < -0.3 is 29.7 Å². The number of aryl methyl sites for hydroxylation is 12. The Bertz CT molecular complexity index is 4380. The van der Waals surface area contributed by atoms with Crippen LogP contribution in [0.3, 0.4) is 0 Å². The van der Waals surface area contributed by atoms with Crippen LogP contribution in [-0.2, 0) is 36.6 Å². The van der Waals surface area contributed by atoms with Crippen LogP contribution in [0.25, 0.3) is 6.08 Å². The average molecular weight is 1880 g/mol. The summed E-state index contributed by atoms with van der Waals surface area (Å²) < 4.78 is 15.2. The van der Waals surface area contributed by atoms with Crippen molar-refractivity contribution in [3.8, 4) is 11.5 Å². The second-order valence-electron chi connectivity index (χ2n) is 32.3. The molecule has 644 valence electrons. The summed E-state index contributed by atoms with van der Waals surface area (Å²) in [6.07, 6.45) is 26.5. The Morgan fingerprint density at radius 1 is 0.395 bits per heavy atom. The second-order valence-corrected chi connectivity index (χ2v) is 47.2. The molecule has 0 spiro atoms. The van der Waals surface area contributed by atoms with E-state index >= 15 is 0 Å². The molecule has 3 saturated carbocycles. The molecule has 17 heteroatoms. The third-order valence-electron chi connectivity index (χ3n) is 22.4. The van der Waals surface area contributed by atoms with E-state index < -0.39 is 39.2 Å². The van der Waals surface area contributed by atoms with Crippen LogP contribution in [0.15, 0.2) is 194 Å². The fourth-order valence-corrected chi connectivity index (χ4v) is 26.6. The van der Waals surface area contributed by atoms with E-state index in [4.69, 9.17) is 48.2 Å². The molecule has 3 aliphatic carbocycles. The Balaban J connectivity index is 0.000000180. The van der Waals surface area contributed by atoms with Gasteiger partial charge in [0.05, 0.1) is 17.0 Å². The van der Waals surface area contributed by atoms with Crippen molar-refractivity contribution in [2.75, 3.05) is 56.4 Å². The molecule has 0 radical (unpaired) electrons. The van der Waals surface area contributed by atoms with Crippen LogP contribution >= 0.6 is 46.7 Å². The third kappa shape index (κ3) is 30.5. The number of benzene rings is 9. The molecule has 2 N–H and O–H groups in total. The number of hydrogen-bond donors (Lipinski definition) is 2. The van der Waals surface area contributed by atoms with Crippen molar-refractivity contribution in [1.29, 1.82) is 0 Å². The van der Waals surface area contributed by atoms with Crippen LogP contribution in [0.4, 0.5) is 34.1 Å². The van der Waals surface area contributed by atoms with Crippen molar-refractivity contribution in [2.45, 2.75) is 237 Å². The number of halogens is 4. The van der Waals surface area contributed by atoms with Gasteiger partial charge in [-0.25, -0.2) is 0 Å². The van der Waals surface area contributed by atoms with Gasteiger partial charge in [-0.3, -0.25) is 4.79 Å². The average Bonchev–Trinajstić information content (AvgIpc) is 1.67. The van der Waals surface area contributed by atoms with Gasteiger partial charge in [0.25, 0.3) is 5.91 Å². The molecular formula is C102H132Cl4N6O4PRu2-. The van der Waals surface area contributed by atoms with Crippen molar-refractivity contribution < 1.29 is 46.1 Å². The van der Waals surface area contributed by atoms with Crippen molar-refractivity contribution in [1.82, 2.24) is 0 Å². The van der Waals surface area contributed by atoms with Crippen molar-refractivity contribution in [3.05, 3.63) is 291 Å². The van der Waals surface area contributed by atoms with Gasteiger partial charge in [0.2, 0.25) is 0 Å². The van der Waals surface area contributed by atoms with Crippen LogP contribution in [0.5, 0.6) is 11.5 Å². The van der Waals surface area contributed by atoms with Gasteiger partial charge >= 0.3 is 216 Å². The first-order chi connectivity index (χ1) is 56.7. The van der Waals surface area contributed by atoms with E-state index in [1.165, 1.54) is 106 Å². The molecule has 0 aromatic heterocycles. The maximum absolute atomic E-state index is 12.2. The quantitative estimate of drug-likeness (QED) is 0.0499. The molecule has 14 rings (SSSR count). The molecule has 2 unspecified atom stereocenters. The zero-order chi connectivity index (χ0) is 84.8. The van der Waals surface area contributed by atoms with Gasteiger partial charge in [-0.15, -0.1) is 0 Å². The number of amides is 2. The second kappa shape index (κ2) is 50.0. The van der Waals surface area contributed by atoms with Crippen LogP contribution < -0.4 is 39.7 Å². The first kappa shape index (κ1) is 97.5. The Labute approximate surface area is 743 Å². The molecule has 2 aliphatic heterocycles. The predicted octanol–water partition coefficient (Wildman–Crippen LogP) is 27.9. The predicted molar refractivity (Wildman–Crippen MR) is 514 cm³/mol.